The average Bonchev–Trinajstić information content (AvgIpc) is 1.46. The molecule has 2 unspecified atom stereocenters. The van der Waals surface area contributed by atoms with Gasteiger partial charge in [0.05, 0.1) is 24.9 Å². The monoisotopic (exact) mass is 1470 g/mol. The fourth-order valence-corrected chi connectivity index (χ4v) is 14.9. The Kier molecular flexibility index (Phi) is 30.2. The summed E-state index contributed by atoms with van der Waals surface area (Å²) in [7, 11) is 10.1. The van der Waals surface area contributed by atoms with E-state index in [0.717, 1.165) is 28.2 Å². The van der Waals surface area contributed by atoms with Crippen molar-refractivity contribution in [3.8, 4) is 0 Å². The van der Waals surface area contributed by atoms with Crippen LogP contribution < -0.4 is 21.3 Å². The van der Waals surface area contributed by atoms with Crippen molar-refractivity contribution in [2.24, 2.45) is 23.7 Å². The lowest BCUT2D eigenvalue weighted by Crippen LogP contribution is -2.65. The van der Waals surface area contributed by atoms with Crippen molar-refractivity contribution in [3.63, 3.8) is 0 Å². The van der Waals surface area contributed by atoms with Gasteiger partial charge in [-0.25, -0.2) is 8.78 Å². The number of nitrogens with one attached hydrogen (secondary N) is 4. The van der Waals surface area contributed by atoms with E-state index in [1.807, 2.05) is 58.9 Å². The van der Waals surface area contributed by atoms with E-state index in [0.29, 0.717) is 56.2 Å². The first-order chi connectivity index (χ1) is 48.8. The third-order valence-corrected chi connectivity index (χ3v) is 21.4. The van der Waals surface area contributed by atoms with Gasteiger partial charge in [0.15, 0.2) is 0 Å². The van der Waals surface area contributed by atoms with Crippen molar-refractivity contribution in [2.75, 3.05) is 82.1 Å². The maximum absolute atomic E-state index is 15.2. The normalized spacial score (nSPS) is 18.9. The number of likely N-dealkylation sites (tertiary alicyclic amines) is 2. The lowest BCUT2D eigenvalue weighted by Gasteiger charge is -2.44. The molecule has 0 bridgehead atoms. The minimum atomic E-state index is -5.40. The molecule has 30 heteroatoms. The molecular formula is C74H109F5N12O13. The van der Waals surface area contributed by atoms with Gasteiger partial charge >= 0.3 is 12.1 Å². The van der Waals surface area contributed by atoms with Crippen LogP contribution in [-0.4, -0.2) is 251 Å². The SMILES string of the molecule is CCC(C)C(NC(=O)[C@H](CC(C)C)NC)C(=O)N(C)[C@@H](C)C(=O)N1CC[C@H]1C(=O)N(CC)C[C@@H](Cc1ccc(C)cc1)C(=O)N(C)CC(=O)N[C@@H](CCc1cc(F)c(C(F)(F)F)c(F)c1)C(=O)N1CCC[C@H]1C(=O)NC1(C(=O)N(C)[C@H](C(=O)N(C)[C@@H](CC(=O)O)C(=O)N(C)C)C2CCCC2)CCCC1. The second-order valence-corrected chi connectivity index (χ2v) is 29.5. The highest BCUT2D eigenvalue weighted by atomic mass is 19.4. The number of amides is 11. The van der Waals surface area contributed by atoms with E-state index in [4.69, 9.17) is 0 Å². The number of carbonyl (C=O) groups excluding carboxylic acids is 11. The molecule has 25 nitrogen and oxygen atoms in total. The number of benzene rings is 2. The van der Waals surface area contributed by atoms with Gasteiger partial charge in [-0.2, -0.15) is 13.2 Å². The largest absolute Gasteiger partial charge is 0.481 e. The van der Waals surface area contributed by atoms with Crippen LogP contribution in [0, 0.1) is 42.2 Å². The van der Waals surface area contributed by atoms with Crippen LogP contribution in [0.25, 0.3) is 0 Å². The van der Waals surface area contributed by atoms with Crippen molar-refractivity contribution >= 4 is 70.9 Å². The molecule has 0 radical (unpaired) electrons. The second kappa shape index (κ2) is 37.1. The molecule has 2 saturated carbocycles. The minimum absolute atomic E-state index is 0.0493. The third-order valence-electron chi connectivity index (χ3n) is 21.4. The van der Waals surface area contributed by atoms with E-state index in [1.165, 1.54) is 71.7 Å². The molecule has 2 heterocycles. The summed E-state index contributed by atoms with van der Waals surface area (Å²) in [5, 5.41) is 21.3. The summed E-state index contributed by atoms with van der Waals surface area (Å²) >= 11 is 0. The number of aryl methyl sites for hydroxylation is 2. The molecule has 2 aliphatic carbocycles. The minimum Gasteiger partial charge on any atom is -0.481 e. The fourth-order valence-electron chi connectivity index (χ4n) is 14.9. The summed E-state index contributed by atoms with van der Waals surface area (Å²) in [6, 6.07) is -0.849. The summed E-state index contributed by atoms with van der Waals surface area (Å²) < 4.78 is 71.4. The van der Waals surface area contributed by atoms with Gasteiger partial charge < -0.3 is 65.6 Å². The molecule has 4 aliphatic rings. The number of aliphatic carboxylic acids is 1. The standard InChI is InChI=1S/C74H109F5N12O13/c1-15-45(6)61(82-63(95)54(80-8)36-43(3)4)70(102)86(12)46(7)65(97)91-35-31-56(91)69(101)89(16-2)41-50(37-47-27-25-44(5)26-28-47)66(98)85(11)42-58(92)81-53(30-29-48-38-51(75)60(52(76)39-48)74(77,78)79)67(99)90-34-21-24-55(90)64(96)83-73(32-19-20-33-73)72(104)88(14)62(49-22-17-18-23-49)71(103)87(13)57(40-59(93)94)68(100)84(9)10/h25-28,38-39,43,45-46,49-50,53-57,61-62,80H,15-24,29-37,40-42H2,1-14H3,(H,81,92)(H,82,95)(H,83,96)(H,93,94)/t45?,46-,50+,53-,54-,55-,56-,57-,61?,62-/m0/s1. The Morgan fingerprint density at radius 3 is 1.83 bits per heavy atom. The van der Waals surface area contributed by atoms with Gasteiger partial charge in [-0.15, -0.1) is 0 Å². The van der Waals surface area contributed by atoms with E-state index >= 15 is 18.4 Å². The number of hydrogen-bond acceptors (Lipinski definition) is 13. The van der Waals surface area contributed by atoms with E-state index in [-0.39, 0.29) is 88.0 Å². The number of carbonyl (C=O) groups is 12. The summed E-state index contributed by atoms with van der Waals surface area (Å²) in [5.74, 6) is -13.7. The molecule has 11 amide bonds. The lowest BCUT2D eigenvalue weighted by atomic mass is 9.90. The van der Waals surface area contributed by atoms with E-state index < -0.39 is 180 Å². The first-order valence-electron chi connectivity index (χ1n) is 36.4. The van der Waals surface area contributed by atoms with Gasteiger partial charge in [0.1, 0.15) is 65.0 Å². The summed E-state index contributed by atoms with van der Waals surface area (Å²) in [6.45, 7) is 12.1. The Bertz CT molecular complexity index is 3400. The van der Waals surface area contributed by atoms with Crippen LogP contribution in [0.1, 0.15) is 160 Å². The first-order valence-corrected chi connectivity index (χ1v) is 36.4. The van der Waals surface area contributed by atoms with Crippen LogP contribution >= 0.6 is 0 Å². The van der Waals surface area contributed by atoms with Gasteiger partial charge in [0.25, 0.3) is 0 Å². The van der Waals surface area contributed by atoms with Gasteiger partial charge in [0, 0.05) is 68.5 Å². The molecule has 2 aliphatic heterocycles. The first kappa shape index (κ1) is 84.6. The van der Waals surface area contributed by atoms with Gasteiger partial charge in [-0.3, -0.25) is 57.5 Å². The Morgan fingerprint density at radius 2 is 1.30 bits per heavy atom. The van der Waals surface area contributed by atoms with Crippen LogP contribution in [-0.2, 0) is 76.6 Å². The van der Waals surface area contributed by atoms with E-state index in [1.54, 1.807) is 20.9 Å². The van der Waals surface area contributed by atoms with E-state index in [2.05, 4.69) is 21.3 Å². The number of alkyl halides is 3. The molecule has 4 fully saturated rings. The molecule has 578 valence electrons. The van der Waals surface area contributed by atoms with Gasteiger partial charge in [-0.1, -0.05) is 89.6 Å². The van der Waals surface area contributed by atoms with Crippen LogP contribution in [0.15, 0.2) is 36.4 Å². The molecule has 2 saturated heterocycles. The van der Waals surface area contributed by atoms with Crippen molar-refractivity contribution in [1.29, 1.82) is 0 Å². The highest BCUT2D eigenvalue weighted by Crippen LogP contribution is 2.38. The summed E-state index contributed by atoms with van der Waals surface area (Å²) in [5.41, 5.74) is -2.45. The van der Waals surface area contributed by atoms with E-state index in [9.17, 15) is 66.2 Å². The van der Waals surface area contributed by atoms with Crippen molar-refractivity contribution in [1.82, 2.24) is 60.5 Å². The maximum atomic E-state index is 15.2. The Hall–Kier alpha value is -8.31. The molecule has 10 atom stereocenters. The zero-order valence-electron chi connectivity index (χ0n) is 62.8. The third kappa shape index (κ3) is 20.8. The van der Waals surface area contributed by atoms with Crippen LogP contribution in [0.4, 0.5) is 22.0 Å². The average molecular weight is 1470 g/mol. The Balaban J connectivity index is 1.23. The Morgan fingerprint density at radius 1 is 0.692 bits per heavy atom. The summed E-state index contributed by atoms with van der Waals surface area (Å²) in [4.78, 5) is 181. The van der Waals surface area contributed by atoms with Crippen molar-refractivity contribution < 1.29 is 84.6 Å². The molecular weight excluding hydrogens is 1360 g/mol. The number of carboxylic acids is 1. The second-order valence-electron chi connectivity index (χ2n) is 29.5. The summed E-state index contributed by atoms with van der Waals surface area (Å²) in [6.07, 6.45) is -1.72. The fraction of sp³-hybridized carbons (Fsp3) is 0.676. The number of hydrogen-bond donors (Lipinski definition) is 5. The Labute approximate surface area is 607 Å². The maximum Gasteiger partial charge on any atom is 0.422 e. The highest BCUT2D eigenvalue weighted by Gasteiger charge is 2.52. The smallest absolute Gasteiger partial charge is 0.422 e. The van der Waals surface area contributed by atoms with Crippen LogP contribution in [0.2, 0.25) is 0 Å². The molecule has 0 aromatic heterocycles. The number of rotatable bonds is 34. The predicted molar refractivity (Wildman–Crippen MR) is 376 cm³/mol. The zero-order chi connectivity index (χ0) is 77.6. The van der Waals surface area contributed by atoms with Crippen molar-refractivity contribution in [3.05, 3.63) is 70.3 Å². The molecule has 2 aromatic rings. The highest BCUT2D eigenvalue weighted by molar-refractivity contribution is 6.00. The quantitative estimate of drug-likeness (QED) is 0.0555. The topological polar surface area (TPSA) is 299 Å². The van der Waals surface area contributed by atoms with Crippen LogP contribution in [0.5, 0.6) is 0 Å². The molecule has 6 rings (SSSR count). The van der Waals surface area contributed by atoms with Crippen molar-refractivity contribution in [2.45, 2.75) is 218 Å². The van der Waals surface area contributed by atoms with Gasteiger partial charge in [0.2, 0.25) is 65.0 Å². The predicted octanol–water partition coefficient (Wildman–Crippen LogP) is 5.32. The van der Waals surface area contributed by atoms with Gasteiger partial charge in [-0.05, 0) is 139 Å². The number of nitrogens with zero attached hydrogens (tertiary/aromatic N) is 8. The zero-order valence-corrected chi connectivity index (χ0v) is 62.8. The molecule has 0 spiro atoms. The number of carboxylic acid groups (broad SMARTS) is 1. The molecule has 5 N–H and O–H groups in total. The lowest BCUT2D eigenvalue weighted by molar-refractivity contribution is -0.158. The molecule has 2 aromatic carbocycles. The van der Waals surface area contributed by atoms with Crippen LogP contribution in [0.3, 0.4) is 0 Å². The molecule has 104 heavy (non-hydrogen) atoms. The number of likely N-dealkylation sites (N-methyl/N-ethyl adjacent to an activating group) is 7. The number of halogens is 5.